The van der Waals surface area contributed by atoms with Gasteiger partial charge >= 0.3 is 0 Å². The third-order valence-corrected chi connectivity index (χ3v) is 4.72. The minimum absolute atomic E-state index is 0.0471. The largest absolute Gasteiger partial charge is 0.312 e. The van der Waals surface area contributed by atoms with Crippen LogP contribution in [0.15, 0.2) is 18.2 Å². The number of hydrogen-bond donors (Lipinski definition) is 1. The molecule has 3 unspecified atom stereocenters. The van der Waals surface area contributed by atoms with E-state index in [0.29, 0.717) is 12.1 Å². The first-order valence-electron chi connectivity index (χ1n) is 7.27. The molecule has 0 spiro atoms. The zero-order valence-corrected chi connectivity index (χ0v) is 13.8. The average molecular weight is 309 g/mol. The van der Waals surface area contributed by atoms with Crippen molar-refractivity contribution < 1.29 is 4.39 Å². The van der Waals surface area contributed by atoms with Crippen molar-refractivity contribution in [3.8, 4) is 6.07 Å². The van der Waals surface area contributed by atoms with Gasteiger partial charge in [0.2, 0.25) is 0 Å². The van der Waals surface area contributed by atoms with Crippen LogP contribution in [0.3, 0.4) is 0 Å². The van der Waals surface area contributed by atoms with Gasteiger partial charge in [-0.2, -0.15) is 5.26 Å². The lowest BCUT2D eigenvalue weighted by atomic mass is 9.69. The van der Waals surface area contributed by atoms with Gasteiger partial charge in [-0.15, -0.1) is 0 Å². The number of nitrogens with one attached hydrogen (secondary N) is 1. The van der Waals surface area contributed by atoms with Gasteiger partial charge in [0.1, 0.15) is 5.82 Å². The summed E-state index contributed by atoms with van der Waals surface area (Å²) in [5.41, 5.74) is 0.00606. The molecule has 1 aliphatic heterocycles. The van der Waals surface area contributed by atoms with Gasteiger partial charge in [0.25, 0.3) is 0 Å². The number of nitrogens with zero attached hydrogens (tertiary/aromatic N) is 1. The fraction of sp³-hybridized carbons (Fsp3) is 0.588. The van der Waals surface area contributed by atoms with E-state index in [1.165, 1.54) is 0 Å². The molecule has 1 heterocycles. The van der Waals surface area contributed by atoms with Crippen molar-refractivity contribution in [2.75, 3.05) is 6.54 Å². The Balaban J connectivity index is 2.38. The molecule has 0 amide bonds. The van der Waals surface area contributed by atoms with Gasteiger partial charge < -0.3 is 5.32 Å². The van der Waals surface area contributed by atoms with Crippen molar-refractivity contribution in [2.24, 2.45) is 10.8 Å². The van der Waals surface area contributed by atoms with Crippen LogP contribution in [0.5, 0.6) is 0 Å². The summed E-state index contributed by atoms with van der Waals surface area (Å²) < 4.78 is 14.3. The number of benzene rings is 1. The van der Waals surface area contributed by atoms with Crippen LogP contribution in [0.4, 0.5) is 4.39 Å². The third kappa shape index (κ3) is 3.07. The van der Waals surface area contributed by atoms with E-state index in [4.69, 9.17) is 11.6 Å². The molecule has 0 saturated carbocycles. The van der Waals surface area contributed by atoms with Crippen LogP contribution in [-0.2, 0) is 0 Å². The lowest BCUT2D eigenvalue weighted by molar-refractivity contribution is 0.245. The smallest absolute Gasteiger partial charge is 0.145 e. The fourth-order valence-electron chi connectivity index (χ4n) is 3.20. The Kier molecular flexibility index (Phi) is 4.33. The van der Waals surface area contributed by atoms with E-state index >= 15 is 0 Å². The minimum Gasteiger partial charge on any atom is -0.312 e. The fourth-order valence-corrected chi connectivity index (χ4v) is 3.38. The first-order valence-corrected chi connectivity index (χ1v) is 7.65. The van der Waals surface area contributed by atoms with E-state index in [1.54, 1.807) is 18.2 Å². The monoisotopic (exact) mass is 308 g/mol. The Morgan fingerprint density at radius 1 is 1.48 bits per heavy atom. The molecular weight excluding hydrogens is 287 g/mol. The lowest BCUT2D eigenvalue weighted by Crippen LogP contribution is -2.38. The maximum atomic E-state index is 14.3. The second-order valence-electron chi connectivity index (χ2n) is 7.32. The Morgan fingerprint density at radius 2 is 2.14 bits per heavy atom. The van der Waals surface area contributed by atoms with Crippen LogP contribution < -0.4 is 5.32 Å². The summed E-state index contributed by atoms with van der Waals surface area (Å²) in [6.07, 6.45) is 0.871. The quantitative estimate of drug-likeness (QED) is 0.873. The highest BCUT2D eigenvalue weighted by Gasteiger charge is 2.49. The van der Waals surface area contributed by atoms with Gasteiger partial charge in [0.05, 0.1) is 16.5 Å². The Morgan fingerprint density at radius 3 is 2.71 bits per heavy atom. The predicted molar refractivity (Wildman–Crippen MR) is 83.7 cm³/mol. The van der Waals surface area contributed by atoms with Crippen molar-refractivity contribution >= 4 is 11.6 Å². The molecule has 1 aromatic rings. The molecule has 0 aliphatic carbocycles. The van der Waals surface area contributed by atoms with Crippen LogP contribution in [0.1, 0.15) is 45.6 Å². The molecule has 1 fully saturated rings. The zero-order chi connectivity index (χ0) is 15.8. The molecule has 4 heteroatoms. The van der Waals surface area contributed by atoms with Crippen LogP contribution in [0.2, 0.25) is 5.02 Å². The van der Waals surface area contributed by atoms with E-state index in [2.05, 4.69) is 32.2 Å². The summed E-state index contributed by atoms with van der Waals surface area (Å²) in [5, 5.41) is 13.3. The summed E-state index contributed by atoms with van der Waals surface area (Å²) in [5.74, 6) is -0.586. The highest BCUT2D eigenvalue weighted by molar-refractivity contribution is 6.30. The van der Waals surface area contributed by atoms with Crippen molar-refractivity contribution in [3.05, 3.63) is 34.6 Å². The molecule has 2 nitrogen and oxygen atoms in total. The van der Waals surface area contributed by atoms with Crippen molar-refractivity contribution in [1.29, 1.82) is 5.26 Å². The molecule has 1 saturated heterocycles. The standard InChI is InChI=1S/C17H22ClFN2/c1-16(2,3)8-14-17(4,10-20)12(9-21-14)11-6-5-7-13(18)15(11)19/h5-7,12,14,21H,8-9H2,1-4H3. The summed E-state index contributed by atoms with van der Waals surface area (Å²) in [6, 6.07) is 7.51. The summed E-state index contributed by atoms with van der Waals surface area (Å²) >= 11 is 5.89. The summed E-state index contributed by atoms with van der Waals surface area (Å²) in [4.78, 5) is 0. The maximum absolute atomic E-state index is 14.3. The highest BCUT2D eigenvalue weighted by Crippen LogP contribution is 2.46. The SMILES string of the molecule is CC(C)(C)CC1NCC(c2cccc(Cl)c2F)C1(C)C#N. The van der Waals surface area contributed by atoms with Crippen LogP contribution in [0.25, 0.3) is 0 Å². The average Bonchev–Trinajstić information content (AvgIpc) is 2.69. The molecule has 0 aromatic heterocycles. The molecule has 1 aliphatic rings. The highest BCUT2D eigenvalue weighted by atomic mass is 35.5. The van der Waals surface area contributed by atoms with E-state index < -0.39 is 11.2 Å². The van der Waals surface area contributed by atoms with Gasteiger partial charge in [-0.3, -0.25) is 0 Å². The number of rotatable bonds is 2. The third-order valence-electron chi connectivity index (χ3n) is 4.43. The molecule has 2 rings (SSSR count). The van der Waals surface area contributed by atoms with Gasteiger partial charge in [0.15, 0.2) is 0 Å². The van der Waals surface area contributed by atoms with Gasteiger partial charge in [-0.25, -0.2) is 4.39 Å². The summed E-state index contributed by atoms with van der Waals surface area (Å²) in [6.45, 7) is 8.98. The lowest BCUT2D eigenvalue weighted by Gasteiger charge is -2.33. The number of halogens is 2. The van der Waals surface area contributed by atoms with E-state index in [0.717, 1.165) is 6.42 Å². The van der Waals surface area contributed by atoms with Crippen molar-refractivity contribution in [3.63, 3.8) is 0 Å². The zero-order valence-electron chi connectivity index (χ0n) is 13.0. The second-order valence-corrected chi connectivity index (χ2v) is 7.72. The molecule has 3 atom stereocenters. The topological polar surface area (TPSA) is 35.8 Å². The van der Waals surface area contributed by atoms with Crippen molar-refractivity contribution in [1.82, 2.24) is 5.32 Å². The Hall–Kier alpha value is -1.11. The van der Waals surface area contributed by atoms with Crippen molar-refractivity contribution in [2.45, 2.75) is 46.1 Å². The van der Waals surface area contributed by atoms with E-state index in [1.807, 2.05) is 6.92 Å². The van der Waals surface area contributed by atoms with Gasteiger partial charge in [-0.05, 0) is 30.4 Å². The first-order chi connectivity index (χ1) is 9.69. The van der Waals surface area contributed by atoms with Crippen LogP contribution in [0, 0.1) is 28.0 Å². The molecule has 1 aromatic carbocycles. The van der Waals surface area contributed by atoms with Crippen LogP contribution >= 0.6 is 11.6 Å². The molecule has 0 radical (unpaired) electrons. The Labute approximate surface area is 131 Å². The summed E-state index contributed by atoms with van der Waals surface area (Å²) in [7, 11) is 0. The maximum Gasteiger partial charge on any atom is 0.145 e. The molecule has 114 valence electrons. The number of nitriles is 1. The first kappa shape index (κ1) is 16.3. The van der Waals surface area contributed by atoms with Gasteiger partial charge in [0, 0.05) is 18.5 Å². The molecular formula is C17H22ClFN2. The molecule has 0 bridgehead atoms. The second kappa shape index (κ2) is 5.59. The predicted octanol–water partition coefficient (Wildman–Crippen LogP) is 4.50. The van der Waals surface area contributed by atoms with Crippen LogP contribution in [-0.4, -0.2) is 12.6 Å². The minimum atomic E-state index is -0.640. The van der Waals surface area contributed by atoms with Gasteiger partial charge in [-0.1, -0.05) is 44.5 Å². The van der Waals surface area contributed by atoms with E-state index in [9.17, 15) is 9.65 Å². The Bertz CT molecular complexity index is 573. The molecule has 21 heavy (non-hydrogen) atoms. The number of hydrogen-bond acceptors (Lipinski definition) is 2. The molecule has 1 N–H and O–H groups in total. The van der Waals surface area contributed by atoms with E-state index in [-0.39, 0.29) is 22.4 Å². The normalized spacial score (nSPS) is 29.4.